The molecule has 1 unspecified atom stereocenters. The number of rotatable bonds is 5. The summed E-state index contributed by atoms with van der Waals surface area (Å²) in [6, 6.07) is 0. The van der Waals surface area contributed by atoms with Crippen LogP contribution in [0, 0.1) is 5.92 Å². The van der Waals surface area contributed by atoms with E-state index < -0.39 is 0 Å². The summed E-state index contributed by atoms with van der Waals surface area (Å²) in [6.45, 7) is 10.6. The van der Waals surface area contributed by atoms with Crippen molar-refractivity contribution in [1.82, 2.24) is 20.0 Å². The van der Waals surface area contributed by atoms with E-state index in [0.717, 1.165) is 38.6 Å². The minimum Gasteiger partial charge on any atom is -0.357 e. The van der Waals surface area contributed by atoms with Crippen molar-refractivity contribution in [2.24, 2.45) is 18.0 Å². The number of aliphatic imine (C=N–C) groups is 1. The van der Waals surface area contributed by atoms with Crippen LogP contribution in [-0.2, 0) is 7.05 Å². The lowest BCUT2D eigenvalue weighted by Crippen LogP contribution is -2.40. The molecule has 0 aliphatic carbocycles. The molecule has 0 aromatic carbocycles. The van der Waals surface area contributed by atoms with Crippen LogP contribution in [0.4, 0.5) is 0 Å². The Morgan fingerprint density at radius 1 is 1.52 bits per heavy atom. The molecule has 1 aliphatic heterocycles. The lowest BCUT2D eigenvalue weighted by atomic mass is 10.0. The zero-order valence-electron chi connectivity index (χ0n) is 13.8. The van der Waals surface area contributed by atoms with Gasteiger partial charge in [0.15, 0.2) is 5.96 Å². The van der Waals surface area contributed by atoms with Crippen molar-refractivity contribution in [3.63, 3.8) is 0 Å². The molecular formula is C16H29N5. The lowest BCUT2D eigenvalue weighted by molar-refractivity contribution is 0.483. The molecule has 5 nitrogen and oxygen atoms in total. The summed E-state index contributed by atoms with van der Waals surface area (Å²) >= 11 is 0. The van der Waals surface area contributed by atoms with Crippen molar-refractivity contribution >= 4 is 5.96 Å². The van der Waals surface area contributed by atoms with Gasteiger partial charge in [0.2, 0.25) is 0 Å². The molecule has 21 heavy (non-hydrogen) atoms. The monoisotopic (exact) mass is 291 g/mol. The minimum atomic E-state index is 0.577. The largest absolute Gasteiger partial charge is 0.357 e. The summed E-state index contributed by atoms with van der Waals surface area (Å²) in [5.74, 6) is 2.36. The standard InChI is InChI=1S/C16H29N5/c1-5-17-16(18-8-6-13(2)3)21-9-7-14(12-21)15-10-19-20(4)11-15/h10-11,13-14H,5-9,12H2,1-4H3,(H,17,18). The first kappa shape index (κ1) is 15.9. The van der Waals surface area contributed by atoms with Gasteiger partial charge in [0, 0.05) is 45.3 Å². The molecule has 1 saturated heterocycles. The first-order valence-electron chi connectivity index (χ1n) is 8.12. The van der Waals surface area contributed by atoms with Gasteiger partial charge in [-0.15, -0.1) is 0 Å². The van der Waals surface area contributed by atoms with Crippen LogP contribution in [-0.4, -0.2) is 46.8 Å². The SMILES string of the molecule is CCNC(=NCCC(C)C)N1CCC(c2cnn(C)c2)C1. The Labute approximate surface area is 128 Å². The molecule has 1 fully saturated rings. The Morgan fingerprint density at radius 2 is 2.33 bits per heavy atom. The van der Waals surface area contributed by atoms with E-state index in [9.17, 15) is 0 Å². The van der Waals surface area contributed by atoms with Crippen LogP contribution in [0.3, 0.4) is 0 Å². The van der Waals surface area contributed by atoms with Crippen molar-refractivity contribution < 1.29 is 0 Å². The molecule has 1 N–H and O–H groups in total. The number of guanidine groups is 1. The second kappa shape index (κ2) is 7.48. The van der Waals surface area contributed by atoms with E-state index in [2.05, 4.69) is 42.3 Å². The van der Waals surface area contributed by atoms with E-state index in [1.807, 2.05) is 17.9 Å². The maximum Gasteiger partial charge on any atom is 0.193 e. The Kier molecular flexibility index (Phi) is 5.65. The number of nitrogens with zero attached hydrogens (tertiary/aromatic N) is 4. The van der Waals surface area contributed by atoms with E-state index in [4.69, 9.17) is 4.99 Å². The van der Waals surface area contributed by atoms with Gasteiger partial charge in [-0.05, 0) is 31.2 Å². The van der Waals surface area contributed by atoms with Crippen LogP contribution < -0.4 is 5.32 Å². The fraction of sp³-hybridized carbons (Fsp3) is 0.750. The first-order valence-corrected chi connectivity index (χ1v) is 8.12. The molecule has 2 heterocycles. The van der Waals surface area contributed by atoms with Gasteiger partial charge >= 0.3 is 0 Å². The highest BCUT2D eigenvalue weighted by Crippen LogP contribution is 2.26. The summed E-state index contributed by atoms with van der Waals surface area (Å²) < 4.78 is 1.89. The highest BCUT2D eigenvalue weighted by molar-refractivity contribution is 5.80. The molecule has 0 radical (unpaired) electrons. The maximum atomic E-state index is 4.78. The van der Waals surface area contributed by atoms with Gasteiger partial charge in [-0.3, -0.25) is 9.67 Å². The molecule has 118 valence electrons. The highest BCUT2D eigenvalue weighted by Gasteiger charge is 2.26. The van der Waals surface area contributed by atoms with Crippen molar-refractivity contribution in [3.8, 4) is 0 Å². The van der Waals surface area contributed by atoms with Crippen LogP contribution in [0.25, 0.3) is 0 Å². The maximum absolute atomic E-state index is 4.78. The molecule has 1 aliphatic rings. The average Bonchev–Trinajstić information content (AvgIpc) is 3.06. The third kappa shape index (κ3) is 4.48. The number of aromatic nitrogens is 2. The summed E-state index contributed by atoms with van der Waals surface area (Å²) in [5, 5.41) is 7.72. The van der Waals surface area contributed by atoms with Gasteiger partial charge in [0.25, 0.3) is 0 Å². The molecule has 1 atom stereocenters. The number of hydrogen-bond donors (Lipinski definition) is 1. The topological polar surface area (TPSA) is 45.5 Å². The second-order valence-electron chi connectivity index (χ2n) is 6.30. The van der Waals surface area contributed by atoms with Gasteiger partial charge in [-0.25, -0.2) is 0 Å². The molecule has 0 spiro atoms. The van der Waals surface area contributed by atoms with Crippen molar-refractivity contribution in [2.75, 3.05) is 26.2 Å². The van der Waals surface area contributed by atoms with Crippen LogP contribution in [0.2, 0.25) is 0 Å². The fourth-order valence-electron chi connectivity index (χ4n) is 2.73. The molecular weight excluding hydrogens is 262 g/mol. The summed E-state index contributed by atoms with van der Waals surface area (Å²) in [5.41, 5.74) is 1.35. The minimum absolute atomic E-state index is 0.577. The van der Waals surface area contributed by atoms with Gasteiger partial charge < -0.3 is 10.2 Å². The molecule has 1 aromatic heterocycles. The van der Waals surface area contributed by atoms with Crippen molar-refractivity contribution in [1.29, 1.82) is 0 Å². The van der Waals surface area contributed by atoms with E-state index in [1.165, 1.54) is 12.0 Å². The number of aryl methyl sites for hydroxylation is 1. The molecule has 1 aromatic rings. The Morgan fingerprint density at radius 3 is 2.95 bits per heavy atom. The summed E-state index contributed by atoms with van der Waals surface area (Å²) in [6.07, 6.45) is 6.46. The van der Waals surface area contributed by atoms with Gasteiger partial charge in [-0.1, -0.05) is 13.8 Å². The van der Waals surface area contributed by atoms with Crippen molar-refractivity contribution in [3.05, 3.63) is 18.0 Å². The zero-order valence-corrected chi connectivity index (χ0v) is 13.8. The number of nitrogens with one attached hydrogen (secondary N) is 1. The van der Waals surface area contributed by atoms with E-state index in [1.54, 1.807) is 0 Å². The van der Waals surface area contributed by atoms with E-state index in [-0.39, 0.29) is 0 Å². The van der Waals surface area contributed by atoms with Crippen LogP contribution in [0.1, 0.15) is 45.1 Å². The first-order chi connectivity index (χ1) is 10.1. The molecule has 2 rings (SSSR count). The quantitative estimate of drug-likeness (QED) is 0.668. The van der Waals surface area contributed by atoms with Crippen LogP contribution in [0.15, 0.2) is 17.4 Å². The Bertz CT molecular complexity index is 463. The summed E-state index contributed by atoms with van der Waals surface area (Å²) in [7, 11) is 1.98. The number of likely N-dealkylation sites (tertiary alicyclic amines) is 1. The number of hydrogen-bond acceptors (Lipinski definition) is 2. The molecule has 0 bridgehead atoms. The molecule has 0 saturated carbocycles. The van der Waals surface area contributed by atoms with Gasteiger partial charge in [0.05, 0.1) is 6.20 Å². The fourth-order valence-corrected chi connectivity index (χ4v) is 2.73. The Hall–Kier alpha value is -1.52. The molecule has 5 heteroatoms. The van der Waals surface area contributed by atoms with E-state index in [0.29, 0.717) is 11.8 Å². The van der Waals surface area contributed by atoms with Crippen molar-refractivity contribution in [2.45, 2.75) is 39.5 Å². The average molecular weight is 291 g/mol. The lowest BCUT2D eigenvalue weighted by Gasteiger charge is -2.21. The second-order valence-corrected chi connectivity index (χ2v) is 6.30. The van der Waals surface area contributed by atoms with Gasteiger partial charge in [-0.2, -0.15) is 5.10 Å². The third-order valence-electron chi connectivity index (χ3n) is 3.99. The normalized spacial score (nSPS) is 19.6. The Balaban J connectivity index is 1.95. The van der Waals surface area contributed by atoms with Crippen LogP contribution in [0.5, 0.6) is 0 Å². The predicted molar refractivity (Wildman–Crippen MR) is 87.6 cm³/mol. The van der Waals surface area contributed by atoms with Crippen LogP contribution >= 0.6 is 0 Å². The molecule has 0 amide bonds. The third-order valence-corrected chi connectivity index (χ3v) is 3.99. The van der Waals surface area contributed by atoms with E-state index >= 15 is 0 Å². The van der Waals surface area contributed by atoms with Gasteiger partial charge in [0.1, 0.15) is 0 Å². The zero-order chi connectivity index (χ0) is 15.2. The predicted octanol–water partition coefficient (Wildman–Crippen LogP) is 2.22. The smallest absolute Gasteiger partial charge is 0.193 e. The summed E-state index contributed by atoms with van der Waals surface area (Å²) in [4.78, 5) is 7.17. The highest BCUT2D eigenvalue weighted by atomic mass is 15.3.